The van der Waals surface area contributed by atoms with E-state index in [1.165, 1.54) is 12.1 Å². The quantitative estimate of drug-likeness (QED) is 0.424. The van der Waals surface area contributed by atoms with Crippen LogP contribution in [0.2, 0.25) is 0 Å². The minimum absolute atomic E-state index is 0.198. The van der Waals surface area contributed by atoms with Crippen LogP contribution in [0.15, 0.2) is 65.7 Å². The van der Waals surface area contributed by atoms with Gasteiger partial charge in [0.1, 0.15) is 5.82 Å². The number of halogens is 1. The molecule has 0 radical (unpaired) electrons. The SMILES string of the molecule is Cc1cc(C)c(S(=O)(=O)N[C@H]2CCCN(c3cccc4c3cnn4-c3ccc(F)cc3)C2)c(C)c1. The Morgan fingerprint density at radius 1 is 1.03 bits per heavy atom. The molecule has 5 rings (SSSR count). The fraction of sp³-hybridized carbons (Fsp3) is 0.296. The van der Waals surface area contributed by atoms with Crippen molar-refractivity contribution in [3.05, 3.63) is 83.3 Å². The number of hydrogen-bond acceptors (Lipinski definition) is 4. The van der Waals surface area contributed by atoms with Crippen molar-refractivity contribution in [2.75, 3.05) is 18.0 Å². The predicted molar refractivity (Wildman–Crippen MR) is 137 cm³/mol. The molecule has 35 heavy (non-hydrogen) atoms. The second kappa shape index (κ2) is 9.09. The Hall–Kier alpha value is -3.23. The third-order valence-electron chi connectivity index (χ3n) is 6.62. The predicted octanol–water partition coefficient (Wildman–Crippen LogP) is 5.04. The summed E-state index contributed by atoms with van der Waals surface area (Å²) in [6.07, 6.45) is 3.48. The van der Waals surface area contributed by atoms with Crippen molar-refractivity contribution in [1.29, 1.82) is 0 Å². The van der Waals surface area contributed by atoms with Crippen LogP contribution in [0.25, 0.3) is 16.6 Å². The third-order valence-corrected chi connectivity index (χ3v) is 8.44. The van der Waals surface area contributed by atoms with E-state index in [0.29, 0.717) is 11.4 Å². The minimum Gasteiger partial charge on any atom is -0.369 e. The van der Waals surface area contributed by atoms with Crippen LogP contribution in [0.1, 0.15) is 29.5 Å². The van der Waals surface area contributed by atoms with Gasteiger partial charge in [-0.3, -0.25) is 0 Å². The van der Waals surface area contributed by atoms with Crippen LogP contribution < -0.4 is 9.62 Å². The molecule has 2 heterocycles. The fourth-order valence-electron chi connectivity index (χ4n) is 5.26. The molecule has 8 heteroatoms. The molecule has 3 aromatic carbocycles. The van der Waals surface area contributed by atoms with E-state index in [9.17, 15) is 12.8 Å². The van der Waals surface area contributed by atoms with Crippen LogP contribution in [-0.4, -0.2) is 37.3 Å². The lowest BCUT2D eigenvalue weighted by Crippen LogP contribution is -2.48. The zero-order valence-electron chi connectivity index (χ0n) is 20.1. The highest BCUT2D eigenvalue weighted by molar-refractivity contribution is 7.89. The second-order valence-corrected chi connectivity index (χ2v) is 11.0. The number of aryl methyl sites for hydroxylation is 3. The first-order valence-corrected chi connectivity index (χ1v) is 13.3. The number of hydrogen-bond donors (Lipinski definition) is 1. The van der Waals surface area contributed by atoms with E-state index in [1.807, 2.05) is 57.3 Å². The van der Waals surface area contributed by atoms with Crippen molar-refractivity contribution in [2.45, 2.75) is 44.6 Å². The first-order chi connectivity index (χ1) is 16.7. The van der Waals surface area contributed by atoms with Gasteiger partial charge in [-0.1, -0.05) is 23.8 Å². The maximum absolute atomic E-state index is 13.4. The minimum atomic E-state index is -3.65. The summed E-state index contributed by atoms with van der Waals surface area (Å²) in [6, 6.07) is 15.9. The first-order valence-electron chi connectivity index (χ1n) is 11.8. The number of piperidine rings is 1. The van der Waals surface area contributed by atoms with E-state index >= 15 is 0 Å². The van der Waals surface area contributed by atoms with Gasteiger partial charge in [-0.2, -0.15) is 5.10 Å². The molecule has 0 saturated carbocycles. The molecule has 0 aliphatic carbocycles. The largest absolute Gasteiger partial charge is 0.369 e. The van der Waals surface area contributed by atoms with Crippen molar-refractivity contribution in [3.8, 4) is 5.69 Å². The summed E-state index contributed by atoms with van der Waals surface area (Å²) in [6.45, 7) is 7.08. The third kappa shape index (κ3) is 4.56. The molecule has 0 amide bonds. The monoisotopic (exact) mass is 492 g/mol. The van der Waals surface area contributed by atoms with Crippen molar-refractivity contribution in [1.82, 2.24) is 14.5 Å². The van der Waals surface area contributed by atoms with Gasteiger partial charge >= 0.3 is 0 Å². The molecule has 1 aliphatic rings. The number of fused-ring (bicyclic) bond motifs is 1. The number of sulfonamides is 1. The summed E-state index contributed by atoms with van der Waals surface area (Å²) in [4.78, 5) is 2.60. The highest BCUT2D eigenvalue weighted by Crippen LogP contribution is 2.31. The Kier molecular flexibility index (Phi) is 6.11. The standard InChI is InChI=1S/C27H29FN4O2S/c1-18-14-19(2)27(20(3)15-18)35(33,34)30-22-6-5-13-31(17-22)25-7-4-8-26-24(25)16-29-32(26)23-11-9-21(28)10-12-23/h4,7-12,14-16,22,30H,5-6,13,17H2,1-3H3/t22-/m0/s1. The normalized spacial score (nSPS) is 16.7. The smallest absolute Gasteiger partial charge is 0.241 e. The fourth-order valence-corrected chi connectivity index (χ4v) is 6.98. The Morgan fingerprint density at radius 2 is 1.74 bits per heavy atom. The van der Waals surface area contributed by atoms with E-state index in [0.717, 1.165) is 58.4 Å². The molecular weight excluding hydrogens is 463 g/mol. The molecule has 1 aliphatic heterocycles. The Morgan fingerprint density at radius 3 is 2.46 bits per heavy atom. The Labute approximate surface area is 205 Å². The lowest BCUT2D eigenvalue weighted by Gasteiger charge is -2.35. The molecule has 6 nitrogen and oxygen atoms in total. The molecule has 0 unspecified atom stereocenters. The molecule has 1 saturated heterocycles. The summed E-state index contributed by atoms with van der Waals surface area (Å²) < 4.78 is 44.8. The van der Waals surface area contributed by atoms with Crippen molar-refractivity contribution in [3.63, 3.8) is 0 Å². The molecule has 1 N–H and O–H groups in total. The summed E-state index contributed by atoms with van der Waals surface area (Å²) in [7, 11) is -3.65. The Bertz CT molecular complexity index is 1470. The summed E-state index contributed by atoms with van der Waals surface area (Å²) >= 11 is 0. The average Bonchev–Trinajstić information content (AvgIpc) is 3.23. The maximum atomic E-state index is 13.4. The van der Waals surface area contributed by atoms with Gasteiger partial charge in [-0.05, 0) is 81.1 Å². The molecule has 4 aromatic rings. The number of rotatable bonds is 5. The first kappa shape index (κ1) is 23.5. The lowest BCUT2D eigenvalue weighted by atomic mass is 10.0. The molecule has 1 fully saturated rings. The lowest BCUT2D eigenvalue weighted by molar-refractivity contribution is 0.466. The highest BCUT2D eigenvalue weighted by atomic mass is 32.2. The number of nitrogens with one attached hydrogen (secondary N) is 1. The molecule has 182 valence electrons. The van der Waals surface area contributed by atoms with Crippen LogP contribution in [-0.2, 0) is 10.0 Å². The van der Waals surface area contributed by atoms with E-state index in [1.54, 1.807) is 16.8 Å². The number of nitrogens with zero attached hydrogens (tertiary/aromatic N) is 3. The molecule has 1 aromatic heterocycles. The van der Waals surface area contributed by atoms with Crippen molar-refractivity contribution >= 4 is 26.6 Å². The Balaban J connectivity index is 1.42. The summed E-state index contributed by atoms with van der Waals surface area (Å²) in [5, 5.41) is 5.53. The van der Waals surface area contributed by atoms with Crippen molar-refractivity contribution < 1.29 is 12.8 Å². The summed E-state index contributed by atoms with van der Waals surface area (Å²) in [5.74, 6) is -0.288. The van der Waals surface area contributed by atoms with Crippen LogP contribution in [0, 0.1) is 26.6 Å². The van der Waals surface area contributed by atoms with E-state index in [-0.39, 0.29) is 11.9 Å². The molecule has 0 bridgehead atoms. The number of anilines is 1. The summed E-state index contributed by atoms with van der Waals surface area (Å²) in [5.41, 5.74) is 5.30. The van der Waals surface area contributed by atoms with Gasteiger partial charge in [-0.15, -0.1) is 0 Å². The van der Waals surface area contributed by atoms with Gasteiger partial charge in [0.15, 0.2) is 0 Å². The maximum Gasteiger partial charge on any atom is 0.241 e. The van der Waals surface area contributed by atoms with Gasteiger partial charge in [0.25, 0.3) is 0 Å². The second-order valence-electron chi connectivity index (χ2n) is 9.38. The number of benzene rings is 3. The van der Waals surface area contributed by atoms with Crippen LogP contribution in [0.4, 0.5) is 10.1 Å². The van der Waals surface area contributed by atoms with E-state index in [4.69, 9.17) is 0 Å². The highest BCUT2D eigenvalue weighted by Gasteiger charge is 2.28. The zero-order valence-corrected chi connectivity index (χ0v) is 20.9. The molecule has 1 atom stereocenters. The number of aromatic nitrogens is 2. The van der Waals surface area contributed by atoms with E-state index in [2.05, 4.69) is 14.7 Å². The molecular formula is C27H29FN4O2S. The van der Waals surface area contributed by atoms with E-state index < -0.39 is 10.0 Å². The topological polar surface area (TPSA) is 67.2 Å². The average molecular weight is 493 g/mol. The van der Waals surface area contributed by atoms with Gasteiger partial charge in [0, 0.05) is 30.2 Å². The van der Waals surface area contributed by atoms with Gasteiger partial charge in [-0.25, -0.2) is 22.2 Å². The van der Waals surface area contributed by atoms with Crippen LogP contribution in [0.3, 0.4) is 0 Å². The van der Waals surface area contributed by atoms with Gasteiger partial charge < -0.3 is 4.90 Å². The van der Waals surface area contributed by atoms with Gasteiger partial charge in [0.2, 0.25) is 10.0 Å². The van der Waals surface area contributed by atoms with Crippen LogP contribution >= 0.6 is 0 Å². The zero-order chi connectivity index (χ0) is 24.7. The van der Waals surface area contributed by atoms with Crippen LogP contribution in [0.5, 0.6) is 0 Å². The van der Waals surface area contributed by atoms with Crippen molar-refractivity contribution in [2.24, 2.45) is 0 Å². The van der Waals surface area contributed by atoms with Gasteiger partial charge in [0.05, 0.1) is 22.3 Å². The molecule has 0 spiro atoms.